The molecular formula is C17H16ClN3O2. The zero-order valence-corrected chi connectivity index (χ0v) is 13.6. The van der Waals surface area contributed by atoms with Crippen molar-refractivity contribution in [2.24, 2.45) is 0 Å². The lowest BCUT2D eigenvalue weighted by molar-refractivity contribution is 0.168. The van der Waals surface area contributed by atoms with Crippen LogP contribution >= 0.6 is 11.6 Å². The summed E-state index contributed by atoms with van der Waals surface area (Å²) in [7, 11) is 0. The van der Waals surface area contributed by atoms with Gasteiger partial charge in [-0.15, -0.1) is 0 Å². The van der Waals surface area contributed by atoms with Crippen molar-refractivity contribution in [3.8, 4) is 11.3 Å². The number of halogens is 1. The number of hydrogen-bond acceptors (Lipinski definition) is 3. The van der Waals surface area contributed by atoms with Crippen molar-refractivity contribution in [2.75, 3.05) is 11.9 Å². The number of hydrogen-bond donors (Lipinski definition) is 1. The van der Waals surface area contributed by atoms with E-state index < -0.39 is 6.09 Å². The third-order valence-electron chi connectivity index (χ3n) is 3.46. The average Bonchev–Trinajstić information content (AvgIpc) is 2.89. The minimum atomic E-state index is -0.508. The highest BCUT2D eigenvalue weighted by Gasteiger charge is 2.17. The van der Waals surface area contributed by atoms with Gasteiger partial charge in [-0.1, -0.05) is 29.8 Å². The Morgan fingerprint density at radius 2 is 2.04 bits per heavy atom. The predicted octanol–water partition coefficient (Wildman–Crippen LogP) is 4.53. The van der Waals surface area contributed by atoms with E-state index in [1.165, 1.54) is 0 Å². The number of amides is 1. The normalized spacial score (nSPS) is 10.7. The molecule has 0 aliphatic heterocycles. The summed E-state index contributed by atoms with van der Waals surface area (Å²) in [5.41, 5.74) is 3.33. The molecule has 118 valence electrons. The van der Waals surface area contributed by atoms with E-state index in [2.05, 4.69) is 10.3 Å². The molecular weight excluding hydrogens is 314 g/mol. The van der Waals surface area contributed by atoms with E-state index in [9.17, 15) is 4.79 Å². The van der Waals surface area contributed by atoms with Crippen LogP contribution in [-0.4, -0.2) is 22.1 Å². The van der Waals surface area contributed by atoms with Crippen LogP contribution in [0.4, 0.5) is 10.6 Å². The molecule has 1 amide bonds. The van der Waals surface area contributed by atoms with Crippen LogP contribution in [0.3, 0.4) is 0 Å². The van der Waals surface area contributed by atoms with E-state index in [1.807, 2.05) is 41.8 Å². The SMILES string of the molecule is CCOC(=O)Nc1c(-c2ccc(Cl)cc2)nc2c(C)cccn12. The van der Waals surface area contributed by atoms with Gasteiger partial charge in [-0.3, -0.25) is 9.72 Å². The highest BCUT2D eigenvalue weighted by molar-refractivity contribution is 6.30. The number of carbonyl (C=O) groups excluding carboxylic acids is 1. The molecule has 0 unspecified atom stereocenters. The number of fused-ring (bicyclic) bond motifs is 1. The zero-order valence-electron chi connectivity index (χ0n) is 12.8. The number of imidazole rings is 1. The Labute approximate surface area is 138 Å². The van der Waals surface area contributed by atoms with E-state index in [-0.39, 0.29) is 0 Å². The van der Waals surface area contributed by atoms with Crippen molar-refractivity contribution in [1.82, 2.24) is 9.38 Å². The molecule has 0 saturated carbocycles. The monoisotopic (exact) mass is 329 g/mol. The molecule has 0 saturated heterocycles. The fraction of sp³-hybridized carbons (Fsp3) is 0.176. The van der Waals surface area contributed by atoms with Gasteiger partial charge in [0.1, 0.15) is 17.2 Å². The molecule has 0 fully saturated rings. The van der Waals surface area contributed by atoms with Crippen molar-refractivity contribution in [3.63, 3.8) is 0 Å². The van der Waals surface area contributed by atoms with Gasteiger partial charge in [0, 0.05) is 16.8 Å². The van der Waals surface area contributed by atoms with Gasteiger partial charge in [0.2, 0.25) is 0 Å². The molecule has 3 aromatic rings. The summed E-state index contributed by atoms with van der Waals surface area (Å²) in [5, 5.41) is 3.43. The molecule has 5 nitrogen and oxygen atoms in total. The van der Waals surface area contributed by atoms with E-state index in [4.69, 9.17) is 16.3 Å². The van der Waals surface area contributed by atoms with Crippen LogP contribution in [0.15, 0.2) is 42.6 Å². The summed E-state index contributed by atoms with van der Waals surface area (Å²) < 4.78 is 6.84. The Kier molecular flexibility index (Phi) is 4.21. The van der Waals surface area contributed by atoms with Crippen LogP contribution < -0.4 is 5.32 Å². The first-order chi connectivity index (χ1) is 11.1. The fourth-order valence-corrected chi connectivity index (χ4v) is 2.52. The fourth-order valence-electron chi connectivity index (χ4n) is 2.40. The van der Waals surface area contributed by atoms with Crippen molar-refractivity contribution >= 4 is 29.2 Å². The molecule has 0 bridgehead atoms. The van der Waals surface area contributed by atoms with Crippen LogP contribution in [0.1, 0.15) is 12.5 Å². The van der Waals surface area contributed by atoms with Gasteiger partial charge < -0.3 is 4.74 Å². The lowest BCUT2D eigenvalue weighted by Gasteiger charge is -2.08. The number of benzene rings is 1. The zero-order chi connectivity index (χ0) is 16.4. The average molecular weight is 330 g/mol. The molecule has 1 aromatic carbocycles. The molecule has 0 aliphatic carbocycles. The van der Waals surface area contributed by atoms with Crippen molar-refractivity contribution < 1.29 is 9.53 Å². The van der Waals surface area contributed by atoms with E-state index in [1.54, 1.807) is 19.1 Å². The largest absolute Gasteiger partial charge is 0.450 e. The third kappa shape index (κ3) is 3.00. The lowest BCUT2D eigenvalue weighted by Crippen LogP contribution is -2.15. The maximum atomic E-state index is 11.9. The van der Waals surface area contributed by atoms with Gasteiger partial charge in [-0.25, -0.2) is 9.78 Å². The van der Waals surface area contributed by atoms with Gasteiger partial charge in [0.05, 0.1) is 6.61 Å². The molecule has 0 aliphatic rings. The summed E-state index contributed by atoms with van der Waals surface area (Å²) in [6.07, 6.45) is 1.35. The minimum absolute atomic E-state index is 0.303. The van der Waals surface area contributed by atoms with E-state index in [0.29, 0.717) is 23.1 Å². The first-order valence-corrected chi connectivity index (χ1v) is 7.65. The highest BCUT2D eigenvalue weighted by atomic mass is 35.5. The van der Waals surface area contributed by atoms with Crippen molar-refractivity contribution in [3.05, 3.63) is 53.2 Å². The number of nitrogens with one attached hydrogen (secondary N) is 1. The van der Waals surface area contributed by atoms with Crippen molar-refractivity contribution in [2.45, 2.75) is 13.8 Å². The standard InChI is InChI=1S/C17H16ClN3O2/c1-3-23-17(22)20-16-14(12-6-8-13(18)9-7-12)19-15-11(2)5-4-10-21(15)16/h4-10H,3H2,1-2H3,(H,20,22). The first kappa shape index (κ1) is 15.4. The second-order valence-electron chi connectivity index (χ2n) is 5.05. The Hall–Kier alpha value is -2.53. The predicted molar refractivity (Wildman–Crippen MR) is 91.0 cm³/mol. The maximum absolute atomic E-state index is 11.9. The number of carbonyl (C=O) groups is 1. The summed E-state index contributed by atoms with van der Waals surface area (Å²) in [4.78, 5) is 16.6. The molecule has 1 N–H and O–H groups in total. The Balaban J connectivity index is 2.17. The number of rotatable bonds is 3. The number of aromatic nitrogens is 2. The number of anilines is 1. The van der Waals surface area contributed by atoms with E-state index >= 15 is 0 Å². The molecule has 3 rings (SSSR count). The van der Waals surface area contributed by atoms with Gasteiger partial charge in [-0.2, -0.15) is 0 Å². The molecule has 23 heavy (non-hydrogen) atoms. The second-order valence-corrected chi connectivity index (χ2v) is 5.48. The maximum Gasteiger partial charge on any atom is 0.412 e. The molecule has 2 aromatic heterocycles. The summed E-state index contributed by atoms with van der Waals surface area (Å²) >= 11 is 5.95. The Morgan fingerprint density at radius 1 is 1.30 bits per heavy atom. The quantitative estimate of drug-likeness (QED) is 0.768. The lowest BCUT2D eigenvalue weighted by atomic mass is 10.1. The Morgan fingerprint density at radius 3 is 2.74 bits per heavy atom. The smallest absolute Gasteiger partial charge is 0.412 e. The van der Waals surface area contributed by atoms with E-state index in [0.717, 1.165) is 16.8 Å². The summed E-state index contributed by atoms with van der Waals surface area (Å²) in [6, 6.07) is 11.2. The second kappa shape index (κ2) is 6.30. The van der Waals surface area contributed by atoms with Crippen LogP contribution in [-0.2, 0) is 4.74 Å². The first-order valence-electron chi connectivity index (χ1n) is 7.27. The van der Waals surface area contributed by atoms with Crippen molar-refractivity contribution in [1.29, 1.82) is 0 Å². The van der Waals surface area contributed by atoms with Crippen LogP contribution in [0.2, 0.25) is 5.02 Å². The van der Waals surface area contributed by atoms with Gasteiger partial charge in [-0.05, 0) is 37.6 Å². The molecule has 0 spiro atoms. The third-order valence-corrected chi connectivity index (χ3v) is 3.71. The summed E-state index contributed by atoms with van der Waals surface area (Å²) in [6.45, 7) is 4.04. The van der Waals surface area contributed by atoms with Gasteiger partial charge >= 0.3 is 6.09 Å². The minimum Gasteiger partial charge on any atom is -0.450 e. The molecule has 2 heterocycles. The van der Waals surface area contributed by atoms with Gasteiger partial charge in [0.25, 0.3) is 0 Å². The van der Waals surface area contributed by atoms with Crippen LogP contribution in [0.5, 0.6) is 0 Å². The highest BCUT2D eigenvalue weighted by Crippen LogP contribution is 2.30. The van der Waals surface area contributed by atoms with Crippen LogP contribution in [0, 0.1) is 6.92 Å². The number of nitrogens with zero attached hydrogens (tertiary/aromatic N) is 2. The molecule has 0 atom stereocenters. The van der Waals surface area contributed by atoms with Crippen LogP contribution in [0.25, 0.3) is 16.9 Å². The number of pyridine rings is 1. The number of ether oxygens (including phenoxy) is 1. The molecule has 6 heteroatoms. The summed E-state index contributed by atoms with van der Waals surface area (Å²) in [5.74, 6) is 0.574. The topological polar surface area (TPSA) is 55.6 Å². The molecule has 0 radical (unpaired) electrons. The Bertz CT molecular complexity index is 856. The van der Waals surface area contributed by atoms with Gasteiger partial charge in [0.15, 0.2) is 0 Å². The number of aryl methyl sites for hydroxylation is 1.